The number of hydrogen-bond donors (Lipinski definition) is 0. The molecule has 3 nitrogen and oxygen atoms in total. The topological polar surface area (TPSA) is 30.2 Å². The lowest BCUT2D eigenvalue weighted by Gasteiger charge is -2.22. The van der Waals surface area contributed by atoms with Gasteiger partial charge in [0, 0.05) is 23.2 Å². The van der Waals surface area contributed by atoms with E-state index in [-0.39, 0.29) is 10.8 Å². The molecule has 0 radical (unpaired) electrons. The van der Waals surface area contributed by atoms with Crippen molar-refractivity contribution in [3.05, 3.63) is 65.1 Å². The van der Waals surface area contributed by atoms with Gasteiger partial charge in [-0.2, -0.15) is 0 Å². The summed E-state index contributed by atoms with van der Waals surface area (Å²) < 4.78 is 3.37. The summed E-state index contributed by atoms with van der Waals surface area (Å²) in [5.74, 6) is 0. The number of thiazole rings is 1. The normalized spacial score (nSPS) is 13.0. The van der Waals surface area contributed by atoms with Crippen LogP contribution in [0.25, 0.3) is 15.9 Å². The van der Waals surface area contributed by atoms with Crippen LogP contribution in [-0.4, -0.2) is 14.4 Å². The number of imidazole rings is 1. The minimum atomic E-state index is -0.0305. The van der Waals surface area contributed by atoms with Crippen molar-refractivity contribution in [1.82, 2.24) is 14.4 Å². The van der Waals surface area contributed by atoms with Crippen molar-refractivity contribution in [2.24, 2.45) is 0 Å². The number of aromatic nitrogens is 3. The van der Waals surface area contributed by atoms with Crippen molar-refractivity contribution in [2.45, 2.75) is 51.9 Å². The Bertz CT molecular complexity index is 1050. The van der Waals surface area contributed by atoms with E-state index in [0.29, 0.717) is 0 Å². The quantitative estimate of drug-likeness (QED) is 0.463. The summed E-state index contributed by atoms with van der Waals surface area (Å²) >= 11 is 1.81. The van der Waals surface area contributed by atoms with Crippen molar-refractivity contribution < 1.29 is 0 Å². The first-order chi connectivity index (χ1) is 12.2. The van der Waals surface area contributed by atoms with E-state index < -0.39 is 0 Å². The van der Waals surface area contributed by atoms with E-state index in [1.807, 2.05) is 23.5 Å². The lowest BCUT2D eigenvalue weighted by atomic mass is 9.83. The average Bonchev–Trinajstić information content (AvgIpc) is 3.18. The van der Waals surface area contributed by atoms with Gasteiger partial charge in [0.15, 0.2) is 0 Å². The molecule has 0 amide bonds. The van der Waals surface area contributed by atoms with E-state index in [1.54, 1.807) is 0 Å². The Labute approximate surface area is 158 Å². The molecule has 0 unspecified atom stereocenters. The molecule has 0 atom stereocenters. The Kier molecular flexibility index (Phi) is 3.92. The lowest BCUT2D eigenvalue weighted by molar-refractivity contribution is 0.509. The van der Waals surface area contributed by atoms with Gasteiger partial charge in [-0.05, 0) is 36.2 Å². The molecule has 0 bridgehead atoms. The van der Waals surface area contributed by atoms with Gasteiger partial charge in [-0.25, -0.2) is 9.97 Å². The molecule has 26 heavy (non-hydrogen) atoms. The molecule has 4 heteroatoms. The predicted octanol–water partition coefficient (Wildman–Crippen LogP) is 5.76. The molecule has 0 aliphatic carbocycles. The van der Waals surface area contributed by atoms with Crippen molar-refractivity contribution in [2.75, 3.05) is 0 Å². The van der Waals surface area contributed by atoms with Crippen LogP contribution in [0.1, 0.15) is 50.9 Å². The summed E-state index contributed by atoms with van der Waals surface area (Å²) in [6.45, 7) is 11.2. The number of pyridine rings is 1. The van der Waals surface area contributed by atoms with Gasteiger partial charge in [0.1, 0.15) is 5.65 Å². The number of benzene rings is 1. The van der Waals surface area contributed by atoms with E-state index in [4.69, 9.17) is 9.97 Å². The molecule has 0 N–H and O–H groups in total. The third-order valence-electron chi connectivity index (χ3n) is 4.80. The van der Waals surface area contributed by atoms with Crippen molar-refractivity contribution in [3.63, 3.8) is 0 Å². The van der Waals surface area contributed by atoms with Crippen molar-refractivity contribution in [1.29, 1.82) is 0 Å². The zero-order valence-electron chi connectivity index (χ0n) is 16.1. The summed E-state index contributed by atoms with van der Waals surface area (Å²) in [6, 6.07) is 12.8. The van der Waals surface area contributed by atoms with Crippen LogP contribution in [0.3, 0.4) is 0 Å². The molecule has 3 aromatic heterocycles. The molecule has 0 aliphatic rings. The largest absolute Gasteiger partial charge is 0.307 e. The van der Waals surface area contributed by atoms with Gasteiger partial charge in [-0.1, -0.05) is 46.8 Å². The maximum absolute atomic E-state index is 4.83. The van der Waals surface area contributed by atoms with Gasteiger partial charge >= 0.3 is 0 Å². The van der Waals surface area contributed by atoms with Crippen LogP contribution < -0.4 is 0 Å². The Morgan fingerprint density at radius 3 is 2.54 bits per heavy atom. The molecule has 4 rings (SSSR count). The number of fused-ring (bicyclic) bond motifs is 2. The standard InChI is InChI=1S/C22H25N3S/c1-21(2,3)20-23-16-10-9-15(12-17(16)26-20)13-22(4,5)18-14-25-11-7-6-8-19(25)24-18/h6-12,14H,13H2,1-5H3. The molecule has 0 saturated heterocycles. The van der Waals surface area contributed by atoms with E-state index in [2.05, 4.69) is 75.7 Å². The van der Waals surface area contributed by atoms with Crippen LogP contribution in [0.5, 0.6) is 0 Å². The zero-order chi connectivity index (χ0) is 18.5. The fraction of sp³-hybridized carbons (Fsp3) is 0.364. The van der Waals surface area contributed by atoms with E-state index in [1.165, 1.54) is 15.3 Å². The molecule has 134 valence electrons. The second-order valence-corrected chi connectivity index (χ2v) is 9.75. The maximum atomic E-state index is 4.83. The van der Waals surface area contributed by atoms with Crippen LogP contribution in [0, 0.1) is 0 Å². The van der Waals surface area contributed by atoms with Crippen LogP contribution >= 0.6 is 11.3 Å². The zero-order valence-corrected chi connectivity index (χ0v) is 16.9. The third kappa shape index (κ3) is 3.14. The minimum absolute atomic E-state index is 0.0305. The average molecular weight is 364 g/mol. The highest BCUT2D eigenvalue weighted by atomic mass is 32.1. The first-order valence-corrected chi connectivity index (χ1v) is 9.88. The van der Waals surface area contributed by atoms with Gasteiger partial charge in [0.2, 0.25) is 0 Å². The number of rotatable bonds is 3. The third-order valence-corrected chi connectivity index (χ3v) is 6.24. The van der Waals surface area contributed by atoms with Crippen molar-refractivity contribution >= 4 is 27.2 Å². The molecular formula is C22H25N3S. The first-order valence-electron chi connectivity index (χ1n) is 9.07. The molecule has 0 aliphatic heterocycles. The molecule has 1 aromatic carbocycles. The van der Waals surface area contributed by atoms with Gasteiger partial charge < -0.3 is 4.40 Å². The molecule has 0 spiro atoms. The molecule has 0 saturated carbocycles. The Morgan fingerprint density at radius 2 is 1.81 bits per heavy atom. The van der Waals surface area contributed by atoms with Crippen LogP contribution in [0.15, 0.2) is 48.8 Å². The highest BCUT2D eigenvalue weighted by molar-refractivity contribution is 7.18. The SMILES string of the molecule is CC(C)(C)c1nc2ccc(CC(C)(C)c3cn4ccccc4n3)cc2s1. The van der Waals surface area contributed by atoms with Crippen LogP contribution in [0.4, 0.5) is 0 Å². The molecule has 3 heterocycles. The fourth-order valence-electron chi connectivity index (χ4n) is 3.26. The maximum Gasteiger partial charge on any atom is 0.136 e. The summed E-state index contributed by atoms with van der Waals surface area (Å²) in [7, 11) is 0. The van der Waals surface area contributed by atoms with Crippen LogP contribution in [0.2, 0.25) is 0 Å². The molecular weight excluding hydrogens is 338 g/mol. The Morgan fingerprint density at radius 1 is 1.00 bits per heavy atom. The fourth-order valence-corrected chi connectivity index (χ4v) is 4.35. The van der Waals surface area contributed by atoms with E-state index >= 15 is 0 Å². The number of nitrogens with zero attached hydrogens (tertiary/aromatic N) is 3. The van der Waals surface area contributed by atoms with Gasteiger partial charge in [-0.3, -0.25) is 0 Å². The van der Waals surface area contributed by atoms with E-state index in [9.17, 15) is 0 Å². The smallest absolute Gasteiger partial charge is 0.136 e. The number of hydrogen-bond acceptors (Lipinski definition) is 3. The Balaban J connectivity index is 1.66. The molecule has 4 aromatic rings. The predicted molar refractivity (Wildman–Crippen MR) is 110 cm³/mol. The van der Waals surface area contributed by atoms with E-state index in [0.717, 1.165) is 23.3 Å². The second kappa shape index (κ2) is 5.92. The van der Waals surface area contributed by atoms with Gasteiger partial charge in [0.05, 0.1) is 20.9 Å². The lowest BCUT2D eigenvalue weighted by Crippen LogP contribution is -2.21. The monoisotopic (exact) mass is 363 g/mol. The van der Waals surface area contributed by atoms with Crippen molar-refractivity contribution in [3.8, 4) is 0 Å². The van der Waals surface area contributed by atoms with Gasteiger partial charge in [-0.15, -0.1) is 11.3 Å². The minimum Gasteiger partial charge on any atom is -0.307 e. The highest BCUT2D eigenvalue weighted by Crippen LogP contribution is 2.33. The summed E-state index contributed by atoms with van der Waals surface area (Å²) in [5, 5.41) is 1.20. The van der Waals surface area contributed by atoms with Gasteiger partial charge in [0.25, 0.3) is 0 Å². The van der Waals surface area contributed by atoms with Crippen LogP contribution in [-0.2, 0) is 17.3 Å². The summed E-state index contributed by atoms with van der Waals surface area (Å²) in [6.07, 6.45) is 5.16. The summed E-state index contributed by atoms with van der Waals surface area (Å²) in [4.78, 5) is 9.64. The summed E-state index contributed by atoms with van der Waals surface area (Å²) in [5.41, 5.74) is 4.64. The Hall–Kier alpha value is -2.20. The molecule has 0 fully saturated rings. The highest BCUT2D eigenvalue weighted by Gasteiger charge is 2.25. The second-order valence-electron chi connectivity index (χ2n) is 8.72. The first kappa shape index (κ1) is 17.2.